The monoisotopic (exact) mass is 202 g/mol. The lowest BCUT2D eigenvalue weighted by molar-refractivity contribution is -0.432. The van der Waals surface area contributed by atoms with E-state index in [1.54, 1.807) is 17.7 Å². The van der Waals surface area contributed by atoms with Gasteiger partial charge in [0.25, 0.3) is 0 Å². The molecule has 0 saturated heterocycles. The van der Waals surface area contributed by atoms with Gasteiger partial charge in [0.15, 0.2) is 5.70 Å². The van der Waals surface area contributed by atoms with E-state index in [9.17, 15) is 4.79 Å². The van der Waals surface area contributed by atoms with Gasteiger partial charge < -0.3 is 0 Å². The smallest absolute Gasteiger partial charge is 0.290 e. The predicted molar refractivity (Wildman–Crippen MR) is 57.9 cm³/mol. The number of rotatable bonds is 1. The molecule has 3 N–H and O–H groups in total. The fourth-order valence-corrected chi connectivity index (χ4v) is 1.42. The number of guanidine groups is 1. The van der Waals surface area contributed by atoms with Crippen LogP contribution in [-0.4, -0.2) is 23.5 Å². The van der Waals surface area contributed by atoms with Crippen LogP contribution in [0.15, 0.2) is 36.0 Å². The van der Waals surface area contributed by atoms with Gasteiger partial charge in [-0.3, -0.25) is 5.73 Å². The van der Waals surface area contributed by atoms with Gasteiger partial charge in [-0.15, -0.1) is 0 Å². The molecule has 0 saturated carbocycles. The highest BCUT2D eigenvalue weighted by atomic mass is 16.2. The van der Waals surface area contributed by atoms with E-state index in [2.05, 4.69) is 5.32 Å². The average molecular weight is 202 g/mol. The third-order valence-corrected chi connectivity index (χ3v) is 2.30. The largest absolute Gasteiger partial charge is 0.356 e. The SMILES string of the molecule is C[N+]1=C(N)NC(=O)C1=Cc1ccccc1. The van der Waals surface area contributed by atoms with Crippen LogP contribution in [0.25, 0.3) is 6.08 Å². The Labute approximate surface area is 87.7 Å². The molecule has 0 spiro atoms. The van der Waals surface area contributed by atoms with Crippen LogP contribution in [-0.2, 0) is 4.79 Å². The molecule has 76 valence electrons. The Morgan fingerprint density at radius 2 is 2.00 bits per heavy atom. The van der Waals surface area contributed by atoms with Gasteiger partial charge >= 0.3 is 11.9 Å². The molecule has 1 aromatic carbocycles. The third-order valence-electron chi connectivity index (χ3n) is 2.30. The first-order valence-corrected chi connectivity index (χ1v) is 4.63. The third kappa shape index (κ3) is 1.74. The molecule has 4 heteroatoms. The summed E-state index contributed by atoms with van der Waals surface area (Å²) in [4.78, 5) is 11.5. The lowest BCUT2D eigenvalue weighted by Crippen LogP contribution is -2.32. The van der Waals surface area contributed by atoms with E-state index in [0.717, 1.165) is 5.56 Å². The Kier molecular flexibility index (Phi) is 2.25. The van der Waals surface area contributed by atoms with Crippen LogP contribution in [0.4, 0.5) is 0 Å². The van der Waals surface area contributed by atoms with Gasteiger partial charge in [0.05, 0.1) is 7.05 Å². The molecule has 0 atom stereocenters. The predicted octanol–water partition coefficient (Wildman–Crippen LogP) is 0.114. The summed E-state index contributed by atoms with van der Waals surface area (Å²) in [7, 11) is 1.75. The number of nitrogens with zero attached hydrogens (tertiary/aromatic N) is 1. The van der Waals surface area contributed by atoms with Crippen LogP contribution in [0.2, 0.25) is 0 Å². The molecule has 2 rings (SSSR count). The van der Waals surface area contributed by atoms with Crippen LogP contribution in [0.3, 0.4) is 0 Å². The Balaban J connectivity index is 2.40. The number of carbonyl (C=O) groups is 1. The van der Waals surface area contributed by atoms with Crippen LogP contribution < -0.4 is 11.1 Å². The van der Waals surface area contributed by atoms with E-state index in [1.165, 1.54) is 0 Å². The van der Waals surface area contributed by atoms with Gasteiger partial charge in [-0.1, -0.05) is 30.3 Å². The van der Waals surface area contributed by atoms with Gasteiger partial charge in [-0.25, -0.2) is 14.7 Å². The zero-order valence-electron chi connectivity index (χ0n) is 8.40. The molecule has 0 fully saturated rings. The fourth-order valence-electron chi connectivity index (χ4n) is 1.42. The average Bonchev–Trinajstić information content (AvgIpc) is 2.47. The van der Waals surface area contributed by atoms with E-state index in [1.807, 2.05) is 30.3 Å². The van der Waals surface area contributed by atoms with Crippen molar-refractivity contribution in [1.82, 2.24) is 5.32 Å². The number of nitrogens with one attached hydrogen (secondary N) is 1. The zero-order chi connectivity index (χ0) is 10.8. The zero-order valence-corrected chi connectivity index (χ0v) is 8.40. The maximum atomic E-state index is 11.5. The van der Waals surface area contributed by atoms with Gasteiger partial charge in [0, 0.05) is 0 Å². The van der Waals surface area contributed by atoms with Crippen LogP contribution in [0.1, 0.15) is 5.56 Å². The van der Waals surface area contributed by atoms with Crippen molar-refractivity contribution in [2.45, 2.75) is 0 Å². The molecule has 1 aliphatic rings. The summed E-state index contributed by atoms with van der Waals surface area (Å²) < 4.78 is 1.63. The van der Waals surface area contributed by atoms with Crippen molar-refractivity contribution in [3.05, 3.63) is 41.6 Å². The van der Waals surface area contributed by atoms with E-state index in [4.69, 9.17) is 5.73 Å². The van der Waals surface area contributed by atoms with Gasteiger partial charge in [-0.05, 0) is 11.6 Å². The topological polar surface area (TPSA) is 58.1 Å². The Bertz CT molecular complexity index is 460. The minimum Gasteiger partial charge on any atom is -0.290 e. The molecular formula is C11H12N3O+. The molecule has 1 amide bonds. The van der Waals surface area contributed by atoms with E-state index in [-0.39, 0.29) is 5.91 Å². The van der Waals surface area contributed by atoms with Gasteiger partial charge in [-0.2, -0.15) is 0 Å². The highest BCUT2D eigenvalue weighted by Gasteiger charge is 2.28. The second-order valence-electron chi connectivity index (χ2n) is 3.34. The standard InChI is InChI=1S/C11H11N3O/c1-14-9(10(15)13-11(14)12)7-8-5-3-2-4-6-8/h2-7H,1H3,(H2,12,13,15)/p+1. The van der Waals surface area contributed by atoms with E-state index in [0.29, 0.717) is 11.7 Å². The van der Waals surface area contributed by atoms with Crippen molar-refractivity contribution in [2.24, 2.45) is 5.73 Å². The van der Waals surface area contributed by atoms with Crippen molar-refractivity contribution >= 4 is 17.9 Å². The lowest BCUT2D eigenvalue weighted by Gasteiger charge is -1.95. The Morgan fingerprint density at radius 3 is 2.53 bits per heavy atom. The summed E-state index contributed by atoms with van der Waals surface area (Å²) >= 11 is 0. The number of nitrogens with two attached hydrogens (primary N) is 1. The molecule has 0 unspecified atom stereocenters. The summed E-state index contributed by atoms with van der Waals surface area (Å²) in [6, 6.07) is 9.64. The second-order valence-corrected chi connectivity index (χ2v) is 3.34. The van der Waals surface area contributed by atoms with Crippen molar-refractivity contribution in [3.8, 4) is 0 Å². The summed E-state index contributed by atoms with van der Waals surface area (Å²) in [6.45, 7) is 0. The number of hydrogen-bond acceptors (Lipinski definition) is 2. The van der Waals surface area contributed by atoms with E-state index < -0.39 is 0 Å². The number of likely N-dealkylation sites (N-methyl/N-ethyl adjacent to an activating group) is 1. The van der Waals surface area contributed by atoms with Crippen molar-refractivity contribution in [3.63, 3.8) is 0 Å². The normalized spacial score (nSPS) is 18.5. The first-order valence-electron chi connectivity index (χ1n) is 4.63. The minimum atomic E-state index is -0.168. The van der Waals surface area contributed by atoms with Crippen LogP contribution >= 0.6 is 0 Å². The Morgan fingerprint density at radius 1 is 1.33 bits per heavy atom. The number of carbonyl (C=O) groups excluding carboxylic acids is 1. The fraction of sp³-hybridized carbons (Fsp3) is 0.0909. The second kappa shape index (κ2) is 3.57. The molecule has 1 heterocycles. The maximum absolute atomic E-state index is 11.5. The van der Waals surface area contributed by atoms with Crippen molar-refractivity contribution in [2.75, 3.05) is 7.05 Å². The molecule has 1 aromatic rings. The quantitative estimate of drug-likeness (QED) is 0.502. The number of hydrogen-bond donors (Lipinski definition) is 2. The van der Waals surface area contributed by atoms with Crippen molar-refractivity contribution < 1.29 is 9.37 Å². The van der Waals surface area contributed by atoms with Gasteiger partial charge in [0.2, 0.25) is 0 Å². The minimum absolute atomic E-state index is 0.168. The molecule has 0 aromatic heterocycles. The summed E-state index contributed by atoms with van der Waals surface area (Å²) in [5.41, 5.74) is 7.11. The highest BCUT2D eigenvalue weighted by Crippen LogP contribution is 2.09. The molecule has 4 nitrogen and oxygen atoms in total. The molecule has 0 radical (unpaired) electrons. The number of benzene rings is 1. The maximum Gasteiger partial charge on any atom is 0.356 e. The first kappa shape index (κ1) is 9.45. The van der Waals surface area contributed by atoms with Crippen LogP contribution in [0, 0.1) is 0 Å². The molecular weight excluding hydrogens is 190 g/mol. The first-order chi connectivity index (χ1) is 7.18. The summed E-state index contributed by atoms with van der Waals surface area (Å²) in [5.74, 6) is 0.195. The van der Waals surface area contributed by atoms with Crippen LogP contribution in [0.5, 0.6) is 0 Å². The highest BCUT2D eigenvalue weighted by molar-refractivity contribution is 6.08. The summed E-state index contributed by atoms with van der Waals surface area (Å²) in [6.07, 6.45) is 1.80. The van der Waals surface area contributed by atoms with Crippen molar-refractivity contribution in [1.29, 1.82) is 0 Å². The van der Waals surface area contributed by atoms with E-state index >= 15 is 0 Å². The van der Waals surface area contributed by atoms with Gasteiger partial charge in [0.1, 0.15) is 0 Å². The summed E-state index contributed by atoms with van der Waals surface area (Å²) in [5, 5.41) is 2.55. The number of amides is 1. The Hall–Kier alpha value is -2.10. The molecule has 1 aliphatic heterocycles. The lowest BCUT2D eigenvalue weighted by atomic mass is 10.2. The molecule has 0 bridgehead atoms. The molecule has 0 aliphatic carbocycles. The molecule has 15 heavy (non-hydrogen) atoms.